The van der Waals surface area contributed by atoms with Crippen molar-refractivity contribution in [2.24, 2.45) is 0 Å². The average Bonchev–Trinajstić information content (AvgIpc) is 2.38. The highest BCUT2D eigenvalue weighted by atomic mass is 35.5. The smallest absolute Gasteiger partial charge is 0.219 e. The lowest BCUT2D eigenvalue weighted by atomic mass is 10.2. The molecule has 0 fully saturated rings. The normalized spacial score (nSPS) is 10.2. The molecule has 0 aliphatic carbocycles. The minimum absolute atomic E-state index is 0.0746. The third-order valence-corrected chi connectivity index (χ3v) is 3.52. The Morgan fingerprint density at radius 2 is 1.65 bits per heavy atom. The van der Waals surface area contributed by atoms with Crippen molar-refractivity contribution in [2.75, 3.05) is 0 Å². The van der Waals surface area contributed by atoms with E-state index in [1.807, 2.05) is 30.3 Å². The van der Waals surface area contributed by atoms with Crippen molar-refractivity contribution in [1.29, 1.82) is 0 Å². The second kappa shape index (κ2) is 5.89. The van der Waals surface area contributed by atoms with Crippen LogP contribution < -0.4 is 0 Å². The first-order valence-electron chi connectivity index (χ1n) is 5.22. The lowest BCUT2D eigenvalue weighted by Crippen LogP contribution is -1.93. The van der Waals surface area contributed by atoms with Gasteiger partial charge in [0, 0.05) is 16.3 Å². The quantitative estimate of drug-likeness (QED) is 0.815. The molecule has 2 aromatic carbocycles. The lowest BCUT2D eigenvalue weighted by molar-refractivity contribution is 0.108. The van der Waals surface area contributed by atoms with Gasteiger partial charge in [-0.15, -0.1) is 0 Å². The molecule has 0 saturated heterocycles. The monoisotopic (exact) mass is 262 g/mol. The fourth-order valence-corrected chi connectivity index (χ4v) is 2.31. The molecule has 3 heteroatoms. The lowest BCUT2D eigenvalue weighted by Gasteiger charge is -2.01. The number of hydrogen-bond acceptors (Lipinski definition) is 2. The van der Waals surface area contributed by atoms with E-state index in [4.69, 9.17) is 11.6 Å². The van der Waals surface area contributed by atoms with Crippen LogP contribution in [0.5, 0.6) is 0 Å². The van der Waals surface area contributed by atoms with Crippen LogP contribution in [0.1, 0.15) is 15.9 Å². The zero-order valence-electron chi connectivity index (χ0n) is 9.10. The third kappa shape index (κ3) is 3.62. The van der Waals surface area contributed by atoms with Crippen LogP contribution in [0.4, 0.5) is 0 Å². The van der Waals surface area contributed by atoms with Gasteiger partial charge in [-0.05, 0) is 29.8 Å². The molecular weight excluding hydrogens is 252 g/mol. The molecule has 0 aliphatic rings. The van der Waals surface area contributed by atoms with Crippen LogP contribution in [-0.2, 0) is 5.75 Å². The summed E-state index contributed by atoms with van der Waals surface area (Å²) in [7, 11) is 0. The molecule has 0 spiro atoms. The number of halogens is 1. The van der Waals surface area contributed by atoms with Crippen molar-refractivity contribution in [1.82, 2.24) is 0 Å². The molecule has 0 aromatic heterocycles. The average molecular weight is 263 g/mol. The number of benzene rings is 2. The molecular formula is C14H11ClOS. The van der Waals surface area contributed by atoms with Crippen molar-refractivity contribution in [3.63, 3.8) is 0 Å². The van der Waals surface area contributed by atoms with E-state index in [1.165, 1.54) is 11.8 Å². The molecule has 1 nitrogen and oxygen atoms in total. The Labute approximate surface area is 110 Å². The Hall–Kier alpha value is -1.25. The maximum Gasteiger partial charge on any atom is 0.219 e. The zero-order chi connectivity index (χ0) is 12.1. The van der Waals surface area contributed by atoms with Crippen molar-refractivity contribution in [2.45, 2.75) is 5.75 Å². The van der Waals surface area contributed by atoms with Gasteiger partial charge in [0.05, 0.1) is 0 Å². The molecule has 17 heavy (non-hydrogen) atoms. The molecule has 0 N–H and O–H groups in total. The summed E-state index contributed by atoms with van der Waals surface area (Å²) < 4.78 is 0. The van der Waals surface area contributed by atoms with Crippen molar-refractivity contribution in [3.05, 3.63) is 70.7 Å². The van der Waals surface area contributed by atoms with Gasteiger partial charge in [0.25, 0.3) is 0 Å². The van der Waals surface area contributed by atoms with E-state index >= 15 is 0 Å². The van der Waals surface area contributed by atoms with Gasteiger partial charge in [-0.2, -0.15) is 0 Å². The summed E-state index contributed by atoms with van der Waals surface area (Å²) in [6.45, 7) is 0. The molecule has 2 aromatic rings. The molecule has 0 aliphatic heterocycles. The summed E-state index contributed by atoms with van der Waals surface area (Å²) in [5, 5.41) is 0.722. The SMILES string of the molecule is O=C(SCc1ccccc1)c1ccc(Cl)cc1. The Morgan fingerprint density at radius 1 is 1.00 bits per heavy atom. The maximum atomic E-state index is 11.8. The van der Waals surface area contributed by atoms with E-state index in [-0.39, 0.29) is 5.12 Å². The van der Waals surface area contributed by atoms with Gasteiger partial charge < -0.3 is 0 Å². The fraction of sp³-hybridized carbons (Fsp3) is 0.0714. The van der Waals surface area contributed by atoms with Crippen molar-refractivity contribution < 1.29 is 4.79 Å². The molecule has 86 valence electrons. The Bertz CT molecular complexity index is 493. The minimum Gasteiger partial charge on any atom is -0.282 e. The van der Waals surface area contributed by atoms with E-state index in [2.05, 4.69) is 0 Å². The highest BCUT2D eigenvalue weighted by Crippen LogP contribution is 2.19. The van der Waals surface area contributed by atoms with Gasteiger partial charge in [0.1, 0.15) is 0 Å². The Kier molecular flexibility index (Phi) is 4.24. The molecule has 0 unspecified atom stereocenters. The second-order valence-electron chi connectivity index (χ2n) is 3.57. The van der Waals surface area contributed by atoms with Gasteiger partial charge >= 0.3 is 0 Å². The Morgan fingerprint density at radius 3 is 2.29 bits per heavy atom. The largest absolute Gasteiger partial charge is 0.282 e. The minimum atomic E-state index is 0.0746. The van der Waals surface area contributed by atoms with Crippen LogP contribution in [0, 0.1) is 0 Å². The summed E-state index contributed by atoms with van der Waals surface area (Å²) in [5.41, 5.74) is 1.84. The Balaban J connectivity index is 1.96. The van der Waals surface area contributed by atoms with Crippen LogP contribution >= 0.6 is 23.4 Å². The third-order valence-electron chi connectivity index (χ3n) is 2.29. The predicted octanol–water partition coefficient (Wildman–Crippen LogP) is 4.41. The van der Waals surface area contributed by atoms with Gasteiger partial charge in [-0.25, -0.2) is 0 Å². The van der Waals surface area contributed by atoms with E-state index in [0.29, 0.717) is 16.3 Å². The topological polar surface area (TPSA) is 17.1 Å². The number of hydrogen-bond donors (Lipinski definition) is 0. The standard InChI is InChI=1S/C14H11ClOS/c15-13-8-6-12(7-9-13)14(16)17-10-11-4-2-1-3-5-11/h1-9H,10H2. The number of rotatable bonds is 3. The van der Waals surface area contributed by atoms with Crippen molar-refractivity contribution in [3.8, 4) is 0 Å². The van der Waals surface area contributed by atoms with Crippen LogP contribution in [0.2, 0.25) is 5.02 Å². The fourth-order valence-electron chi connectivity index (χ4n) is 1.39. The summed E-state index contributed by atoms with van der Waals surface area (Å²) >= 11 is 7.08. The molecule has 0 radical (unpaired) electrons. The summed E-state index contributed by atoms with van der Waals surface area (Å²) in [5.74, 6) is 0.697. The number of carbonyl (C=O) groups excluding carboxylic acids is 1. The van der Waals surface area contributed by atoms with E-state index < -0.39 is 0 Å². The highest BCUT2D eigenvalue weighted by Gasteiger charge is 2.06. The van der Waals surface area contributed by atoms with E-state index in [1.54, 1.807) is 24.3 Å². The van der Waals surface area contributed by atoms with Crippen LogP contribution in [-0.4, -0.2) is 5.12 Å². The van der Waals surface area contributed by atoms with Crippen LogP contribution in [0.25, 0.3) is 0 Å². The zero-order valence-corrected chi connectivity index (χ0v) is 10.7. The summed E-state index contributed by atoms with van der Waals surface area (Å²) in [6.07, 6.45) is 0. The first-order valence-corrected chi connectivity index (χ1v) is 6.59. The first-order chi connectivity index (χ1) is 8.25. The summed E-state index contributed by atoms with van der Waals surface area (Å²) in [4.78, 5) is 11.8. The van der Waals surface area contributed by atoms with Gasteiger partial charge in [-0.1, -0.05) is 53.7 Å². The second-order valence-corrected chi connectivity index (χ2v) is 4.95. The van der Waals surface area contributed by atoms with Gasteiger partial charge in [0.2, 0.25) is 5.12 Å². The van der Waals surface area contributed by atoms with Crippen LogP contribution in [0.15, 0.2) is 54.6 Å². The van der Waals surface area contributed by atoms with Crippen LogP contribution in [0.3, 0.4) is 0 Å². The molecule has 0 amide bonds. The van der Waals surface area contributed by atoms with Gasteiger partial charge in [0.15, 0.2) is 0 Å². The van der Waals surface area contributed by atoms with Crippen molar-refractivity contribution >= 4 is 28.5 Å². The highest BCUT2D eigenvalue weighted by molar-refractivity contribution is 8.13. The molecule has 0 saturated carbocycles. The molecule has 0 heterocycles. The molecule has 2 rings (SSSR count). The maximum absolute atomic E-state index is 11.8. The molecule has 0 bridgehead atoms. The summed E-state index contributed by atoms with van der Waals surface area (Å²) in [6, 6.07) is 16.9. The predicted molar refractivity (Wildman–Crippen MR) is 73.5 cm³/mol. The number of thioether (sulfide) groups is 1. The van der Waals surface area contributed by atoms with E-state index in [0.717, 1.165) is 5.56 Å². The van der Waals surface area contributed by atoms with Gasteiger partial charge in [-0.3, -0.25) is 4.79 Å². The van der Waals surface area contributed by atoms with E-state index in [9.17, 15) is 4.79 Å². The first kappa shape index (κ1) is 12.2. The number of carbonyl (C=O) groups is 1. The molecule has 0 atom stereocenters.